The molecule has 0 unspecified atom stereocenters. The van der Waals surface area contributed by atoms with Gasteiger partial charge in [-0.05, 0) is 25.0 Å². The van der Waals surface area contributed by atoms with Crippen LogP contribution in [0.15, 0.2) is 23.2 Å². The summed E-state index contributed by atoms with van der Waals surface area (Å²) in [4.78, 5) is 15.9. The zero-order valence-electron chi connectivity index (χ0n) is 10.1. The van der Waals surface area contributed by atoms with Crippen LogP contribution in [0.5, 0.6) is 0 Å². The fourth-order valence-corrected chi connectivity index (χ4v) is 1.93. The minimum Gasteiger partial charge on any atom is -0.356 e. The van der Waals surface area contributed by atoms with Gasteiger partial charge in [-0.15, -0.1) is 0 Å². The molecule has 3 N–H and O–H groups in total. The van der Waals surface area contributed by atoms with Crippen molar-refractivity contribution < 1.29 is 4.79 Å². The Hall–Kier alpha value is -1.75. The standard InChI is InChI=1S/C12H15ClN4O/c1-8-4-2-5-9(13)10(8)16-12(18)17-11-14-6-3-7-15-11/h2,4-5H,3,6-7H2,1H3,(H3,14,15,16,17,18). The van der Waals surface area contributed by atoms with Crippen molar-refractivity contribution in [1.82, 2.24) is 10.6 Å². The molecule has 2 amide bonds. The quantitative estimate of drug-likeness (QED) is 0.729. The molecule has 6 heteroatoms. The molecule has 96 valence electrons. The Morgan fingerprint density at radius 3 is 2.94 bits per heavy atom. The number of aliphatic imine (C=N–C) groups is 1. The van der Waals surface area contributed by atoms with E-state index in [1.165, 1.54) is 0 Å². The first-order chi connectivity index (χ1) is 8.66. The number of halogens is 1. The van der Waals surface area contributed by atoms with Crippen molar-refractivity contribution in [2.45, 2.75) is 13.3 Å². The summed E-state index contributed by atoms with van der Waals surface area (Å²) >= 11 is 6.03. The molecular formula is C12H15ClN4O. The van der Waals surface area contributed by atoms with Gasteiger partial charge < -0.3 is 10.6 Å². The lowest BCUT2D eigenvalue weighted by Crippen LogP contribution is -2.45. The lowest BCUT2D eigenvalue weighted by atomic mass is 10.2. The molecule has 0 radical (unpaired) electrons. The van der Waals surface area contributed by atoms with E-state index >= 15 is 0 Å². The van der Waals surface area contributed by atoms with Gasteiger partial charge >= 0.3 is 6.03 Å². The smallest absolute Gasteiger partial charge is 0.326 e. The maximum Gasteiger partial charge on any atom is 0.326 e. The lowest BCUT2D eigenvalue weighted by molar-refractivity contribution is 0.255. The van der Waals surface area contributed by atoms with E-state index in [2.05, 4.69) is 20.9 Å². The summed E-state index contributed by atoms with van der Waals surface area (Å²) in [6.45, 7) is 3.44. The minimum absolute atomic E-state index is 0.348. The zero-order valence-corrected chi connectivity index (χ0v) is 10.8. The van der Waals surface area contributed by atoms with Gasteiger partial charge in [0.05, 0.1) is 10.7 Å². The fourth-order valence-electron chi connectivity index (χ4n) is 1.66. The first-order valence-corrected chi connectivity index (χ1v) is 6.16. The number of rotatable bonds is 1. The van der Waals surface area contributed by atoms with Crippen molar-refractivity contribution in [1.29, 1.82) is 0 Å². The Balaban J connectivity index is 2.01. The molecule has 0 spiro atoms. The molecule has 18 heavy (non-hydrogen) atoms. The third kappa shape index (κ3) is 3.13. The van der Waals surface area contributed by atoms with Gasteiger partial charge in [-0.1, -0.05) is 23.7 Å². The van der Waals surface area contributed by atoms with Crippen molar-refractivity contribution in [3.63, 3.8) is 0 Å². The van der Waals surface area contributed by atoms with Gasteiger partial charge in [0.25, 0.3) is 0 Å². The van der Waals surface area contributed by atoms with E-state index < -0.39 is 0 Å². The molecule has 2 rings (SSSR count). The number of carbonyl (C=O) groups is 1. The Morgan fingerprint density at radius 2 is 2.28 bits per heavy atom. The number of benzene rings is 1. The van der Waals surface area contributed by atoms with Crippen molar-refractivity contribution in [2.24, 2.45) is 4.99 Å². The van der Waals surface area contributed by atoms with Gasteiger partial charge in [0.2, 0.25) is 0 Å². The van der Waals surface area contributed by atoms with Gasteiger partial charge in [0, 0.05) is 13.1 Å². The lowest BCUT2D eigenvalue weighted by Gasteiger charge is -2.16. The first-order valence-electron chi connectivity index (χ1n) is 5.78. The van der Waals surface area contributed by atoms with Crippen LogP contribution in [0.4, 0.5) is 10.5 Å². The van der Waals surface area contributed by atoms with Gasteiger partial charge in [-0.3, -0.25) is 10.3 Å². The molecule has 0 bridgehead atoms. The van der Waals surface area contributed by atoms with Crippen LogP contribution in [-0.2, 0) is 0 Å². The number of urea groups is 1. The van der Waals surface area contributed by atoms with E-state index in [0.29, 0.717) is 16.7 Å². The van der Waals surface area contributed by atoms with Crippen molar-refractivity contribution in [3.8, 4) is 0 Å². The Morgan fingerprint density at radius 1 is 1.44 bits per heavy atom. The van der Waals surface area contributed by atoms with Gasteiger partial charge in [-0.2, -0.15) is 0 Å². The predicted octanol–water partition coefficient (Wildman–Crippen LogP) is 2.12. The number of nitrogens with zero attached hydrogens (tertiary/aromatic N) is 1. The average molecular weight is 267 g/mol. The van der Waals surface area contributed by atoms with Crippen LogP contribution in [0.3, 0.4) is 0 Å². The second kappa shape index (κ2) is 5.73. The number of aryl methyl sites for hydroxylation is 1. The molecule has 0 aromatic heterocycles. The van der Waals surface area contributed by atoms with E-state index in [4.69, 9.17) is 11.6 Å². The van der Waals surface area contributed by atoms with E-state index in [1.54, 1.807) is 6.07 Å². The van der Waals surface area contributed by atoms with Gasteiger partial charge in [0.15, 0.2) is 5.96 Å². The number of guanidine groups is 1. The maximum atomic E-state index is 11.8. The van der Waals surface area contributed by atoms with E-state index in [1.807, 2.05) is 19.1 Å². The Labute approximate surface area is 111 Å². The molecule has 0 saturated heterocycles. The topological polar surface area (TPSA) is 65.5 Å². The molecule has 0 saturated carbocycles. The van der Waals surface area contributed by atoms with Crippen molar-refractivity contribution in [3.05, 3.63) is 28.8 Å². The summed E-state index contributed by atoms with van der Waals surface area (Å²) in [6.07, 6.45) is 0.983. The van der Waals surface area contributed by atoms with Gasteiger partial charge in [0.1, 0.15) is 0 Å². The summed E-state index contributed by atoms with van der Waals surface area (Å²) in [7, 11) is 0. The molecule has 5 nitrogen and oxygen atoms in total. The highest BCUT2D eigenvalue weighted by atomic mass is 35.5. The highest BCUT2D eigenvalue weighted by Gasteiger charge is 2.11. The number of anilines is 1. The summed E-state index contributed by atoms with van der Waals surface area (Å²) in [5.74, 6) is 0.503. The second-order valence-electron chi connectivity index (χ2n) is 4.02. The van der Waals surface area contributed by atoms with Crippen molar-refractivity contribution in [2.75, 3.05) is 18.4 Å². The minimum atomic E-state index is -0.348. The summed E-state index contributed by atoms with van der Waals surface area (Å²) in [5, 5.41) is 8.90. The number of amides is 2. The number of carbonyl (C=O) groups excluding carboxylic acids is 1. The Bertz CT molecular complexity index is 467. The second-order valence-corrected chi connectivity index (χ2v) is 4.43. The third-order valence-corrected chi connectivity index (χ3v) is 2.90. The average Bonchev–Trinajstić information content (AvgIpc) is 2.35. The summed E-state index contributed by atoms with van der Waals surface area (Å²) in [5.41, 5.74) is 1.53. The monoisotopic (exact) mass is 266 g/mol. The van der Waals surface area contributed by atoms with Crippen LogP contribution in [0.25, 0.3) is 0 Å². The van der Waals surface area contributed by atoms with Gasteiger partial charge in [-0.25, -0.2) is 4.79 Å². The first kappa shape index (κ1) is 12.7. The largest absolute Gasteiger partial charge is 0.356 e. The predicted molar refractivity (Wildman–Crippen MR) is 73.3 cm³/mol. The Kier molecular flexibility index (Phi) is 4.04. The van der Waals surface area contributed by atoms with E-state index in [0.717, 1.165) is 25.1 Å². The highest BCUT2D eigenvalue weighted by Crippen LogP contribution is 2.24. The molecule has 1 aromatic carbocycles. The maximum absolute atomic E-state index is 11.8. The summed E-state index contributed by atoms with van der Waals surface area (Å²) in [6, 6.07) is 5.12. The molecule has 1 aliphatic rings. The van der Waals surface area contributed by atoms with Crippen molar-refractivity contribution >= 4 is 29.3 Å². The third-order valence-electron chi connectivity index (χ3n) is 2.59. The van der Waals surface area contributed by atoms with Crippen LogP contribution in [0, 0.1) is 6.92 Å². The fraction of sp³-hybridized carbons (Fsp3) is 0.333. The van der Waals surface area contributed by atoms with E-state index in [-0.39, 0.29) is 6.03 Å². The normalized spacial score (nSPS) is 14.4. The molecule has 1 heterocycles. The highest BCUT2D eigenvalue weighted by molar-refractivity contribution is 6.34. The van der Waals surface area contributed by atoms with Crippen LogP contribution in [0.2, 0.25) is 5.02 Å². The van der Waals surface area contributed by atoms with Crippen LogP contribution >= 0.6 is 11.6 Å². The van der Waals surface area contributed by atoms with Crippen LogP contribution in [-0.4, -0.2) is 25.1 Å². The molecule has 0 atom stereocenters. The number of hydrogen-bond donors (Lipinski definition) is 3. The molecule has 0 aliphatic carbocycles. The van der Waals surface area contributed by atoms with E-state index in [9.17, 15) is 4.79 Å². The molecule has 1 aromatic rings. The summed E-state index contributed by atoms with van der Waals surface area (Å²) < 4.78 is 0. The molecular weight excluding hydrogens is 252 g/mol. The van der Waals surface area contributed by atoms with Crippen LogP contribution in [0.1, 0.15) is 12.0 Å². The number of hydrogen-bond acceptors (Lipinski definition) is 3. The number of para-hydroxylation sites is 1. The van der Waals surface area contributed by atoms with Crippen LogP contribution < -0.4 is 16.0 Å². The SMILES string of the molecule is Cc1cccc(Cl)c1NC(=O)NC1=NCCCN1. The zero-order chi connectivity index (χ0) is 13.0. The number of nitrogens with one attached hydrogen (secondary N) is 3. The molecule has 1 aliphatic heterocycles. The molecule has 0 fully saturated rings.